The Morgan fingerprint density at radius 2 is 1.85 bits per heavy atom. The van der Waals surface area contributed by atoms with E-state index >= 15 is 0 Å². The third-order valence-electron chi connectivity index (χ3n) is 6.72. The molecule has 0 aliphatic carbocycles. The number of amidine groups is 1. The molecule has 1 fully saturated rings. The monoisotopic (exact) mass is 482 g/mol. The van der Waals surface area contributed by atoms with Crippen LogP contribution in [-0.4, -0.2) is 71.1 Å². The maximum Gasteiger partial charge on any atom is 0.338 e. The van der Waals surface area contributed by atoms with Crippen LogP contribution in [0.4, 0.5) is 0 Å². The number of carbonyl (C=O) groups excluding carboxylic acids is 2. The van der Waals surface area contributed by atoms with Crippen molar-refractivity contribution >= 4 is 28.8 Å². The molecular formula is C26H34N4O3S. The first-order valence-corrected chi connectivity index (χ1v) is 12.9. The molecular weight excluding hydrogens is 448 g/mol. The third-order valence-corrected chi connectivity index (χ3v) is 7.61. The van der Waals surface area contributed by atoms with Crippen molar-refractivity contribution in [2.45, 2.75) is 47.1 Å². The topological polar surface area (TPSA) is 65.5 Å². The molecule has 3 aliphatic rings. The number of hydrogen-bond donors (Lipinski definition) is 0. The van der Waals surface area contributed by atoms with E-state index in [4.69, 9.17) is 9.73 Å². The van der Waals surface area contributed by atoms with Gasteiger partial charge in [0.25, 0.3) is 0 Å². The van der Waals surface area contributed by atoms with E-state index in [0.717, 1.165) is 60.3 Å². The lowest BCUT2D eigenvalue weighted by Gasteiger charge is -2.38. The predicted molar refractivity (Wildman–Crippen MR) is 136 cm³/mol. The molecule has 4 rings (SSSR count). The van der Waals surface area contributed by atoms with Crippen molar-refractivity contribution in [3.63, 3.8) is 0 Å². The summed E-state index contributed by atoms with van der Waals surface area (Å²) in [4.78, 5) is 37.5. The standard InChI is InChI=1S/C26H34N4O3S/c1-6-28-10-12-29(13-11-28)22(31)15-20-16-34-26-27-19(5)23(25(32)33-7-2)24(30(20)26)21-9-8-17(3)14-18(21)4/h8-9,14,16,24H,6-7,10-13,15H2,1-5H3. The molecule has 3 aliphatic heterocycles. The molecule has 7 nitrogen and oxygen atoms in total. The van der Waals surface area contributed by atoms with Gasteiger partial charge in [-0.2, -0.15) is 0 Å². The fraction of sp³-hybridized carbons (Fsp3) is 0.500. The molecule has 1 amide bonds. The second-order valence-electron chi connectivity index (χ2n) is 8.97. The van der Waals surface area contributed by atoms with Crippen LogP contribution in [0, 0.1) is 13.8 Å². The maximum atomic E-state index is 13.2. The number of allylic oxidation sites excluding steroid dienone is 1. The van der Waals surface area contributed by atoms with Crippen molar-refractivity contribution < 1.29 is 14.3 Å². The molecule has 0 saturated carbocycles. The molecule has 1 unspecified atom stereocenters. The first-order valence-electron chi connectivity index (χ1n) is 12.0. The average molecular weight is 483 g/mol. The molecule has 1 atom stereocenters. The molecule has 0 N–H and O–H groups in total. The second kappa shape index (κ2) is 10.4. The Hall–Kier alpha value is -2.58. The molecule has 8 heteroatoms. The maximum absolute atomic E-state index is 13.2. The largest absolute Gasteiger partial charge is 0.463 e. The van der Waals surface area contributed by atoms with Gasteiger partial charge in [0, 0.05) is 31.9 Å². The minimum atomic E-state index is -0.377. The molecule has 3 heterocycles. The normalized spacial score (nSPS) is 20.8. The molecule has 0 radical (unpaired) electrons. The van der Waals surface area contributed by atoms with Crippen molar-refractivity contribution in [3.8, 4) is 0 Å². The zero-order valence-corrected chi connectivity index (χ0v) is 21.6. The van der Waals surface area contributed by atoms with Crippen molar-refractivity contribution in [3.05, 3.63) is 57.3 Å². The number of nitrogens with zero attached hydrogens (tertiary/aromatic N) is 4. The highest BCUT2D eigenvalue weighted by Gasteiger charge is 2.42. The number of rotatable bonds is 6. The van der Waals surface area contributed by atoms with Crippen LogP contribution in [0.1, 0.15) is 49.9 Å². The number of aryl methyl sites for hydroxylation is 2. The Morgan fingerprint density at radius 1 is 1.12 bits per heavy atom. The van der Waals surface area contributed by atoms with Gasteiger partial charge in [0.1, 0.15) is 0 Å². The van der Waals surface area contributed by atoms with Gasteiger partial charge in [-0.25, -0.2) is 9.79 Å². The zero-order valence-electron chi connectivity index (χ0n) is 20.8. The lowest BCUT2D eigenvalue weighted by atomic mass is 9.90. The number of piperazine rings is 1. The van der Waals surface area contributed by atoms with E-state index in [2.05, 4.69) is 48.8 Å². The highest BCUT2D eigenvalue weighted by Crippen LogP contribution is 2.45. The van der Waals surface area contributed by atoms with Gasteiger partial charge in [-0.05, 0) is 50.8 Å². The van der Waals surface area contributed by atoms with Crippen LogP contribution in [-0.2, 0) is 14.3 Å². The summed E-state index contributed by atoms with van der Waals surface area (Å²) < 4.78 is 5.45. The van der Waals surface area contributed by atoms with Crippen LogP contribution in [0.3, 0.4) is 0 Å². The van der Waals surface area contributed by atoms with E-state index in [1.807, 2.05) is 24.2 Å². The first-order chi connectivity index (χ1) is 16.3. The molecule has 0 aromatic heterocycles. The zero-order chi connectivity index (χ0) is 24.4. The summed E-state index contributed by atoms with van der Waals surface area (Å²) in [5.41, 5.74) is 5.37. The van der Waals surface area contributed by atoms with Gasteiger partial charge in [0.15, 0.2) is 5.17 Å². The van der Waals surface area contributed by atoms with Crippen LogP contribution >= 0.6 is 11.8 Å². The quantitative estimate of drug-likeness (QED) is 0.571. The number of aliphatic imine (C=N–C) groups is 1. The molecule has 1 aromatic rings. The van der Waals surface area contributed by atoms with Crippen LogP contribution in [0.5, 0.6) is 0 Å². The lowest BCUT2D eigenvalue weighted by Crippen LogP contribution is -2.49. The van der Waals surface area contributed by atoms with E-state index in [1.165, 1.54) is 11.8 Å². The number of thioether (sulfide) groups is 1. The van der Waals surface area contributed by atoms with Gasteiger partial charge in [-0.3, -0.25) is 4.79 Å². The van der Waals surface area contributed by atoms with Gasteiger partial charge in [-0.15, -0.1) is 0 Å². The second-order valence-corrected chi connectivity index (χ2v) is 9.80. The summed E-state index contributed by atoms with van der Waals surface area (Å²) in [6.07, 6.45) is 0.286. The highest BCUT2D eigenvalue weighted by atomic mass is 32.2. The molecule has 34 heavy (non-hydrogen) atoms. The Morgan fingerprint density at radius 3 is 2.50 bits per heavy atom. The average Bonchev–Trinajstić information content (AvgIpc) is 3.20. The molecule has 182 valence electrons. The highest BCUT2D eigenvalue weighted by molar-refractivity contribution is 8.16. The fourth-order valence-corrected chi connectivity index (χ4v) is 5.81. The number of ether oxygens (including phenoxy) is 1. The number of carbonyl (C=O) groups is 2. The van der Waals surface area contributed by atoms with E-state index in [9.17, 15) is 9.59 Å². The van der Waals surface area contributed by atoms with E-state index in [1.54, 1.807) is 0 Å². The fourth-order valence-electron chi connectivity index (χ4n) is 4.85. The minimum Gasteiger partial charge on any atom is -0.463 e. The van der Waals surface area contributed by atoms with Gasteiger partial charge in [0.05, 0.1) is 30.3 Å². The Labute approximate surface area is 206 Å². The van der Waals surface area contributed by atoms with Crippen LogP contribution in [0.2, 0.25) is 0 Å². The number of esters is 1. The smallest absolute Gasteiger partial charge is 0.338 e. The summed E-state index contributed by atoms with van der Waals surface area (Å²) in [5.74, 6) is -0.238. The molecule has 1 aromatic carbocycles. The molecule has 1 saturated heterocycles. The van der Waals surface area contributed by atoms with Crippen molar-refractivity contribution in [1.29, 1.82) is 0 Å². The summed E-state index contributed by atoms with van der Waals surface area (Å²) in [6, 6.07) is 5.90. The molecule has 0 spiro atoms. The number of likely N-dealkylation sites (N-methyl/N-ethyl adjacent to an activating group) is 1. The Balaban J connectivity index is 1.66. The van der Waals surface area contributed by atoms with Gasteiger partial charge >= 0.3 is 5.97 Å². The Bertz CT molecular complexity index is 1070. The van der Waals surface area contributed by atoms with E-state index in [-0.39, 0.29) is 24.3 Å². The van der Waals surface area contributed by atoms with Gasteiger partial charge in [-0.1, -0.05) is 42.4 Å². The van der Waals surface area contributed by atoms with Crippen molar-refractivity contribution in [2.24, 2.45) is 4.99 Å². The summed E-state index contributed by atoms with van der Waals surface area (Å²) >= 11 is 1.51. The summed E-state index contributed by atoms with van der Waals surface area (Å²) in [6.45, 7) is 14.6. The predicted octanol–water partition coefficient (Wildman–Crippen LogP) is 4.00. The van der Waals surface area contributed by atoms with E-state index in [0.29, 0.717) is 17.9 Å². The van der Waals surface area contributed by atoms with Crippen LogP contribution in [0.15, 0.2) is 45.6 Å². The van der Waals surface area contributed by atoms with Crippen LogP contribution in [0.25, 0.3) is 0 Å². The van der Waals surface area contributed by atoms with Gasteiger partial charge in [0.2, 0.25) is 5.91 Å². The number of benzene rings is 1. The van der Waals surface area contributed by atoms with Gasteiger partial charge < -0.3 is 19.4 Å². The Kier molecular flexibility index (Phi) is 7.48. The summed E-state index contributed by atoms with van der Waals surface area (Å²) in [7, 11) is 0. The summed E-state index contributed by atoms with van der Waals surface area (Å²) in [5, 5.41) is 2.81. The first kappa shape index (κ1) is 24.5. The number of amides is 1. The SMILES string of the molecule is CCOC(=O)C1=C(C)N=C2SC=C(CC(=O)N3CCN(CC)CC3)N2C1c1ccc(C)cc1C. The van der Waals surface area contributed by atoms with Crippen molar-refractivity contribution in [1.82, 2.24) is 14.7 Å². The van der Waals surface area contributed by atoms with Crippen LogP contribution < -0.4 is 0 Å². The third kappa shape index (κ3) is 4.79. The number of fused-ring (bicyclic) bond motifs is 1. The minimum absolute atomic E-state index is 0.118. The van der Waals surface area contributed by atoms with Crippen molar-refractivity contribution in [2.75, 3.05) is 39.3 Å². The molecule has 0 bridgehead atoms. The number of hydrogen-bond acceptors (Lipinski definition) is 7. The van der Waals surface area contributed by atoms with E-state index < -0.39 is 0 Å². The lowest BCUT2D eigenvalue weighted by molar-refractivity contribution is -0.139.